The molecule has 5 nitrogen and oxygen atoms in total. The Morgan fingerprint density at radius 2 is 2.13 bits per heavy atom. The minimum atomic E-state index is 0. The minimum absolute atomic E-state index is 0. The van der Waals surface area contributed by atoms with E-state index in [0.29, 0.717) is 6.04 Å². The van der Waals surface area contributed by atoms with E-state index in [1.807, 2.05) is 25.2 Å². The molecule has 0 amide bonds. The molecule has 0 saturated carbocycles. The van der Waals surface area contributed by atoms with Crippen LogP contribution in [-0.2, 0) is 13.0 Å². The van der Waals surface area contributed by atoms with E-state index < -0.39 is 0 Å². The van der Waals surface area contributed by atoms with Gasteiger partial charge in [0, 0.05) is 61.4 Å². The molecule has 0 spiro atoms. The Morgan fingerprint density at radius 1 is 1.30 bits per heavy atom. The second kappa shape index (κ2) is 11.4. The van der Waals surface area contributed by atoms with Gasteiger partial charge >= 0.3 is 0 Å². The predicted octanol–water partition coefficient (Wildman–Crippen LogP) is 4.87. The zero-order valence-electron chi connectivity index (χ0n) is 17.2. The molecule has 3 aromatic rings. The molecular formula is C22H29ClIN5S. The topological polar surface area (TPSA) is 55.5 Å². The first kappa shape index (κ1) is 23.4. The molecule has 0 radical (unpaired) electrons. The van der Waals surface area contributed by atoms with Crippen LogP contribution in [0.15, 0.2) is 46.2 Å². The van der Waals surface area contributed by atoms with E-state index in [4.69, 9.17) is 11.6 Å². The van der Waals surface area contributed by atoms with Crippen LogP contribution in [0.1, 0.15) is 24.0 Å². The van der Waals surface area contributed by atoms with Gasteiger partial charge in [0.2, 0.25) is 0 Å². The molecule has 4 rings (SSSR count). The quantitative estimate of drug-likeness (QED) is 0.230. The van der Waals surface area contributed by atoms with Crippen molar-refractivity contribution in [2.75, 3.05) is 26.7 Å². The predicted molar refractivity (Wildman–Crippen MR) is 140 cm³/mol. The maximum Gasteiger partial charge on any atom is 0.191 e. The third-order valence-corrected chi connectivity index (χ3v) is 6.52. The van der Waals surface area contributed by atoms with Crippen molar-refractivity contribution in [2.45, 2.75) is 31.8 Å². The van der Waals surface area contributed by atoms with Gasteiger partial charge in [0.1, 0.15) is 0 Å². The fourth-order valence-electron chi connectivity index (χ4n) is 3.94. The van der Waals surface area contributed by atoms with Crippen LogP contribution in [0.3, 0.4) is 0 Å². The van der Waals surface area contributed by atoms with Gasteiger partial charge in [0.05, 0.1) is 0 Å². The molecule has 1 fully saturated rings. The van der Waals surface area contributed by atoms with E-state index in [0.717, 1.165) is 61.9 Å². The lowest BCUT2D eigenvalue weighted by atomic mass is 10.0. The van der Waals surface area contributed by atoms with Gasteiger partial charge in [-0.2, -0.15) is 11.3 Å². The summed E-state index contributed by atoms with van der Waals surface area (Å²) in [7, 11) is 1.84. The number of thiophene rings is 1. The smallest absolute Gasteiger partial charge is 0.191 e. The zero-order valence-corrected chi connectivity index (χ0v) is 21.1. The molecule has 0 aliphatic carbocycles. The average molecular weight is 558 g/mol. The number of guanidine groups is 1. The molecule has 30 heavy (non-hydrogen) atoms. The molecule has 1 aliphatic heterocycles. The highest BCUT2D eigenvalue weighted by molar-refractivity contribution is 14.0. The standard InChI is InChI=1S/C22H28ClN5S.HI/c1-24-22(25-8-4-17-13-26-21-3-2-18(23)12-20(17)21)27-19-5-9-28(10-6-19)14-16-7-11-29-15-16;/h2-3,7,11-13,15,19,26H,4-6,8-10,14H2,1H3,(H2,24,25,27);1H. The first-order valence-corrected chi connectivity index (χ1v) is 11.5. The monoisotopic (exact) mass is 557 g/mol. The Balaban J connectivity index is 0.00000256. The maximum absolute atomic E-state index is 6.15. The van der Waals surface area contributed by atoms with E-state index in [1.165, 1.54) is 16.5 Å². The average Bonchev–Trinajstić information content (AvgIpc) is 3.38. The van der Waals surface area contributed by atoms with Crippen molar-refractivity contribution in [3.05, 3.63) is 57.4 Å². The summed E-state index contributed by atoms with van der Waals surface area (Å²) in [5.41, 5.74) is 3.82. The normalized spacial score (nSPS) is 15.9. The van der Waals surface area contributed by atoms with Crippen LogP contribution in [0.4, 0.5) is 0 Å². The lowest BCUT2D eigenvalue weighted by molar-refractivity contribution is 0.198. The van der Waals surface area contributed by atoms with Gasteiger partial charge in [-0.25, -0.2) is 0 Å². The third kappa shape index (κ3) is 6.12. The molecule has 3 N–H and O–H groups in total. The summed E-state index contributed by atoms with van der Waals surface area (Å²) >= 11 is 7.93. The lowest BCUT2D eigenvalue weighted by Gasteiger charge is -2.32. The Hall–Kier alpha value is -1.29. The van der Waals surface area contributed by atoms with Gasteiger partial charge in [-0.05, 0) is 65.4 Å². The van der Waals surface area contributed by atoms with Crippen molar-refractivity contribution in [2.24, 2.45) is 4.99 Å². The summed E-state index contributed by atoms with van der Waals surface area (Å²) in [5.74, 6) is 0.888. The van der Waals surface area contributed by atoms with Gasteiger partial charge in [-0.3, -0.25) is 9.89 Å². The molecular weight excluding hydrogens is 529 g/mol. The maximum atomic E-state index is 6.15. The molecule has 0 unspecified atom stereocenters. The van der Waals surface area contributed by atoms with Crippen molar-refractivity contribution < 1.29 is 0 Å². The summed E-state index contributed by atoms with van der Waals surface area (Å²) in [6.45, 7) is 4.15. The van der Waals surface area contributed by atoms with Crippen molar-refractivity contribution in [1.82, 2.24) is 20.5 Å². The van der Waals surface area contributed by atoms with E-state index >= 15 is 0 Å². The van der Waals surface area contributed by atoms with Crippen LogP contribution in [0.25, 0.3) is 10.9 Å². The molecule has 162 valence electrons. The first-order valence-electron chi connectivity index (χ1n) is 10.2. The Morgan fingerprint density at radius 3 is 2.87 bits per heavy atom. The largest absolute Gasteiger partial charge is 0.361 e. The number of nitrogens with zero attached hydrogens (tertiary/aromatic N) is 2. The molecule has 0 bridgehead atoms. The molecule has 3 heterocycles. The Kier molecular flexibility index (Phi) is 8.85. The fourth-order valence-corrected chi connectivity index (χ4v) is 4.77. The van der Waals surface area contributed by atoms with Crippen LogP contribution in [0.2, 0.25) is 5.02 Å². The summed E-state index contributed by atoms with van der Waals surface area (Å²) in [4.78, 5) is 10.3. The number of hydrogen-bond donors (Lipinski definition) is 3. The summed E-state index contributed by atoms with van der Waals surface area (Å²) in [6, 6.07) is 8.67. The summed E-state index contributed by atoms with van der Waals surface area (Å²) < 4.78 is 0. The second-order valence-corrected chi connectivity index (χ2v) is 8.80. The van der Waals surface area contributed by atoms with Gasteiger partial charge in [0.25, 0.3) is 0 Å². The Labute approximate surface area is 204 Å². The highest BCUT2D eigenvalue weighted by atomic mass is 127. The number of piperidine rings is 1. The Bertz CT molecular complexity index is 948. The van der Waals surface area contributed by atoms with Crippen molar-refractivity contribution >= 4 is 63.8 Å². The summed E-state index contributed by atoms with van der Waals surface area (Å²) in [5, 5.41) is 13.4. The number of aliphatic imine (C=N–C) groups is 1. The number of H-pyrrole nitrogens is 1. The third-order valence-electron chi connectivity index (χ3n) is 5.55. The number of hydrogen-bond acceptors (Lipinski definition) is 3. The molecule has 1 saturated heterocycles. The highest BCUT2D eigenvalue weighted by Crippen LogP contribution is 2.22. The SMILES string of the molecule is CN=C(NCCc1c[nH]c2ccc(Cl)cc12)NC1CCN(Cc2ccsc2)CC1.I. The van der Waals surface area contributed by atoms with E-state index in [9.17, 15) is 0 Å². The molecule has 0 atom stereocenters. The van der Waals surface area contributed by atoms with E-state index in [2.05, 4.69) is 48.5 Å². The first-order chi connectivity index (χ1) is 14.2. The number of likely N-dealkylation sites (tertiary alicyclic amines) is 1. The molecule has 8 heteroatoms. The number of rotatable bonds is 6. The number of fused-ring (bicyclic) bond motifs is 1. The van der Waals surface area contributed by atoms with E-state index in [-0.39, 0.29) is 24.0 Å². The number of aromatic nitrogens is 1. The number of benzene rings is 1. The number of aromatic amines is 1. The lowest BCUT2D eigenvalue weighted by Crippen LogP contribution is -2.48. The fraction of sp³-hybridized carbons (Fsp3) is 0.409. The summed E-state index contributed by atoms with van der Waals surface area (Å²) in [6.07, 6.45) is 5.28. The molecule has 1 aromatic carbocycles. The zero-order chi connectivity index (χ0) is 20.1. The van der Waals surface area contributed by atoms with E-state index in [1.54, 1.807) is 11.3 Å². The minimum Gasteiger partial charge on any atom is -0.361 e. The van der Waals surface area contributed by atoms with Gasteiger partial charge in [0.15, 0.2) is 5.96 Å². The number of nitrogens with one attached hydrogen (secondary N) is 3. The molecule has 2 aromatic heterocycles. The van der Waals surface area contributed by atoms with Gasteiger partial charge < -0.3 is 15.6 Å². The van der Waals surface area contributed by atoms with Crippen LogP contribution >= 0.6 is 46.9 Å². The van der Waals surface area contributed by atoms with Gasteiger partial charge in [-0.1, -0.05) is 11.6 Å². The van der Waals surface area contributed by atoms with Crippen LogP contribution < -0.4 is 10.6 Å². The molecule has 1 aliphatic rings. The van der Waals surface area contributed by atoms with Crippen LogP contribution in [-0.4, -0.2) is 48.6 Å². The van der Waals surface area contributed by atoms with Crippen LogP contribution in [0.5, 0.6) is 0 Å². The highest BCUT2D eigenvalue weighted by Gasteiger charge is 2.20. The van der Waals surface area contributed by atoms with Crippen molar-refractivity contribution in [3.63, 3.8) is 0 Å². The van der Waals surface area contributed by atoms with Gasteiger partial charge in [-0.15, -0.1) is 24.0 Å². The second-order valence-electron chi connectivity index (χ2n) is 7.58. The van der Waals surface area contributed by atoms with Crippen LogP contribution in [0, 0.1) is 0 Å². The van der Waals surface area contributed by atoms with Crippen molar-refractivity contribution in [1.29, 1.82) is 0 Å². The number of halogens is 2. The van der Waals surface area contributed by atoms with Crippen molar-refractivity contribution in [3.8, 4) is 0 Å².